The Kier molecular flexibility index (Phi) is 7.18. The van der Waals surface area contributed by atoms with E-state index in [1.54, 1.807) is 17.0 Å². The molecule has 0 spiro atoms. The average molecular weight is 415 g/mol. The molecule has 0 saturated carbocycles. The first kappa shape index (κ1) is 20.5. The topological polar surface area (TPSA) is 41.9 Å². The van der Waals surface area contributed by atoms with Gasteiger partial charge in [0.1, 0.15) is 5.75 Å². The van der Waals surface area contributed by atoms with E-state index < -0.39 is 0 Å². The molecule has 1 saturated heterocycles. The monoisotopic (exact) mass is 414 g/mol. The van der Waals surface area contributed by atoms with Crippen LogP contribution in [0.25, 0.3) is 6.08 Å². The van der Waals surface area contributed by atoms with E-state index in [9.17, 15) is 4.79 Å². The number of likely N-dealkylation sites (N-methyl/N-ethyl adjacent to an activating group) is 1. The highest BCUT2D eigenvalue weighted by Crippen LogP contribution is 2.34. The van der Waals surface area contributed by atoms with Crippen LogP contribution in [-0.2, 0) is 4.79 Å². The summed E-state index contributed by atoms with van der Waals surface area (Å²) in [6, 6.07) is 15.1. The summed E-state index contributed by atoms with van der Waals surface area (Å²) in [6.07, 6.45) is 4.05. The van der Waals surface area contributed by atoms with Gasteiger partial charge in [0.2, 0.25) is 0 Å². The molecular weight excluding hydrogens is 392 g/mol. The van der Waals surface area contributed by atoms with Gasteiger partial charge in [-0.05, 0) is 73.1 Å². The van der Waals surface area contributed by atoms with Crippen LogP contribution in [0.3, 0.4) is 0 Å². The van der Waals surface area contributed by atoms with Crippen molar-refractivity contribution in [2.45, 2.75) is 26.7 Å². The molecule has 6 heteroatoms. The van der Waals surface area contributed by atoms with E-state index in [0.29, 0.717) is 21.6 Å². The number of aliphatic imine (C=N–C) groups is 1. The number of carbonyl (C=O) groups is 1. The average Bonchev–Trinajstić information content (AvgIpc) is 2.99. The van der Waals surface area contributed by atoms with Gasteiger partial charge in [0.05, 0.1) is 17.2 Å². The van der Waals surface area contributed by atoms with Crippen molar-refractivity contribution in [3.8, 4) is 5.75 Å². The molecule has 0 aromatic heterocycles. The summed E-state index contributed by atoms with van der Waals surface area (Å²) >= 11 is 7.32. The first-order chi connectivity index (χ1) is 13.6. The van der Waals surface area contributed by atoms with E-state index in [4.69, 9.17) is 16.3 Å². The Morgan fingerprint density at radius 3 is 2.46 bits per heavy atom. The maximum Gasteiger partial charge on any atom is 0.266 e. The summed E-state index contributed by atoms with van der Waals surface area (Å²) in [4.78, 5) is 19.7. The van der Waals surface area contributed by atoms with Crippen molar-refractivity contribution in [2.75, 3.05) is 13.2 Å². The number of halogens is 1. The van der Waals surface area contributed by atoms with Gasteiger partial charge in [0.15, 0.2) is 5.17 Å². The lowest BCUT2D eigenvalue weighted by Gasteiger charge is -2.11. The Balaban J connectivity index is 1.76. The second-order valence-electron chi connectivity index (χ2n) is 6.30. The molecule has 1 heterocycles. The number of amidine groups is 1. The summed E-state index contributed by atoms with van der Waals surface area (Å²) in [5.41, 5.74) is 1.73. The van der Waals surface area contributed by atoms with Gasteiger partial charge in [0, 0.05) is 11.6 Å². The number of hydrogen-bond donors (Lipinski definition) is 0. The predicted molar refractivity (Wildman–Crippen MR) is 118 cm³/mol. The zero-order valence-electron chi connectivity index (χ0n) is 16.0. The summed E-state index contributed by atoms with van der Waals surface area (Å²) in [5, 5.41) is 1.34. The second kappa shape index (κ2) is 9.80. The molecule has 2 aromatic carbocycles. The summed E-state index contributed by atoms with van der Waals surface area (Å²) in [6.45, 7) is 5.38. The van der Waals surface area contributed by atoms with Crippen molar-refractivity contribution in [3.63, 3.8) is 0 Å². The normalized spacial score (nSPS) is 17.0. The van der Waals surface area contributed by atoms with Gasteiger partial charge in [-0.15, -0.1) is 0 Å². The fraction of sp³-hybridized carbons (Fsp3) is 0.273. The van der Waals surface area contributed by atoms with E-state index in [2.05, 4.69) is 11.9 Å². The van der Waals surface area contributed by atoms with Crippen LogP contribution < -0.4 is 4.74 Å². The molecule has 0 N–H and O–H groups in total. The van der Waals surface area contributed by atoms with Gasteiger partial charge in [-0.2, -0.15) is 0 Å². The minimum atomic E-state index is -0.0246. The zero-order chi connectivity index (χ0) is 19.9. The Morgan fingerprint density at radius 2 is 1.82 bits per heavy atom. The highest BCUT2D eigenvalue weighted by Gasteiger charge is 2.32. The molecule has 0 radical (unpaired) electrons. The van der Waals surface area contributed by atoms with E-state index in [-0.39, 0.29) is 5.91 Å². The maximum atomic E-state index is 12.7. The molecule has 0 atom stereocenters. The number of nitrogens with zero attached hydrogens (tertiary/aromatic N) is 2. The van der Waals surface area contributed by atoms with Crippen LogP contribution in [0.2, 0.25) is 5.02 Å². The number of unbranched alkanes of at least 4 members (excludes halogenated alkanes) is 1. The van der Waals surface area contributed by atoms with E-state index in [0.717, 1.165) is 36.4 Å². The van der Waals surface area contributed by atoms with Crippen molar-refractivity contribution in [1.82, 2.24) is 4.90 Å². The molecule has 1 aliphatic rings. The zero-order valence-corrected chi connectivity index (χ0v) is 17.6. The number of ether oxygens (including phenoxy) is 1. The lowest BCUT2D eigenvalue weighted by Crippen LogP contribution is -2.28. The van der Waals surface area contributed by atoms with Gasteiger partial charge < -0.3 is 4.74 Å². The quantitative estimate of drug-likeness (QED) is 0.403. The van der Waals surface area contributed by atoms with Crippen LogP contribution in [0.15, 0.2) is 58.4 Å². The first-order valence-electron chi connectivity index (χ1n) is 9.39. The first-order valence-corrected chi connectivity index (χ1v) is 10.6. The van der Waals surface area contributed by atoms with Crippen molar-refractivity contribution in [1.29, 1.82) is 0 Å². The number of thioether (sulfide) groups is 1. The molecule has 1 aliphatic heterocycles. The lowest BCUT2D eigenvalue weighted by atomic mass is 10.2. The van der Waals surface area contributed by atoms with Gasteiger partial charge >= 0.3 is 0 Å². The molecule has 1 amide bonds. The Bertz CT molecular complexity index is 876. The van der Waals surface area contributed by atoms with Crippen LogP contribution in [0.4, 0.5) is 5.69 Å². The largest absolute Gasteiger partial charge is 0.494 e. The molecule has 1 fully saturated rings. The van der Waals surface area contributed by atoms with Crippen molar-refractivity contribution >= 4 is 46.2 Å². The molecule has 2 aromatic rings. The molecule has 3 rings (SSSR count). The minimum absolute atomic E-state index is 0.0246. The molecule has 146 valence electrons. The van der Waals surface area contributed by atoms with Crippen LogP contribution in [0, 0.1) is 0 Å². The Morgan fingerprint density at radius 1 is 1.11 bits per heavy atom. The van der Waals surface area contributed by atoms with E-state index in [1.807, 2.05) is 49.4 Å². The van der Waals surface area contributed by atoms with Crippen molar-refractivity contribution in [3.05, 3.63) is 64.0 Å². The van der Waals surface area contributed by atoms with Crippen LogP contribution in [0.5, 0.6) is 5.75 Å². The molecule has 0 aliphatic carbocycles. The fourth-order valence-electron chi connectivity index (χ4n) is 2.64. The maximum absolute atomic E-state index is 12.7. The van der Waals surface area contributed by atoms with Crippen LogP contribution >= 0.6 is 23.4 Å². The molecule has 0 bridgehead atoms. The van der Waals surface area contributed by atoms with Crippen LogP contribution in [0.1, 0.15) is 32.3 Å². The van der Waals surface area contributed by atoms with Gasteiger partial charge in [-0.1, -0.05) is 37.1 Å². The standard InChI is InChI=1S/C22H23ClN2O2S/c1-3-5-14-27-19-12-6-16(7-13-19)15-20-21(26)25(4-2)22(28-20)24-18-10-8-17(23)9-11-18/h6-13,15H,3-5,14H2,1-2H3/b20-15+,24-22?. The molecule has 4 nitrogen and oxygen atoms in total. The number of carbonyl (C=O) groups excluding carboxylic acids is 1. The second-order valence-corrected chi connectivity index (χ2v) is 7.75. The summed E-state index contributed by atoms with van der Waals surface area (Å²) in [5.74, 6) is 0.824. The SMILES string of the molecule is CCCCOc1ccc(/C=C2/SC(=Nc3ccc(Cl)cc3)N(CC)C2=O)cc1. The van der Waals surface area contributed by atoms with E-state index >= 15 is 0 Å². The highest BCUT2D eigenvalue weighted by atomic mass is 35.5. The molecule has 0 unspecified atom stereocenters. The number of rotatable bonds is 7. The lowest BCUT2D eigenvalue weighted by molar-refractivity contribution is -0.122. The van der Waals surface area contributed by atoms with E-state index in [1.165, 1.54) is 11.8 Å². The summed E-state index contributed by atoms with van der Waals surface area (Å²) < 4.78 is 5.69. The third-order valence-electron chi connectivity index (χ3n) is 4.20. The summed E-state index contributed by atoms with van der Waals surface area (Å²) in [7, 11) is 0. The minimum Gasteiger partial charge on any atom is -0.494 e. The number of amides is 1. The highest BCUT2D eigenvalue weighted by molar-refractivity contribution is 8.18. The van der Waals surface area contributed by atoms with Gasteiger partial charge in [-0.25, -0.2) is 4.99 Å². The van der Waals surface area contributed by atoms with Crippen molar-refractivity contribution in [2.24, 2.45) is 4.99 Å². The molecular formula is C22H23ClN2O2S. The predicted octanol–water partition coefficient (Wildman–Crippen LogP) is 6.14. The smallest absolute Gasteiger partial charge is 0.266 e. The Labute approximate surface area is 175 Å². The fourth-order valence-corrected chi connectivity index (χ4v) is 3.83. The molecule has 28 heavy (non-hydrogen) atoms. The third kappa shape index (κ3) is 5.18. The Hall–Kier alpha value is -2.24. The van der Waals surface area contributed by atoms with Gasteiger partial charge in [0.25, 0.3) is 5.91 Å². The number of hydrogen-bond acceptors (Lipinski definition) is 4. The third-order valence-corrected chi connectivity index (χ3v) is 5.46. The van der Waals surface area contributed by atoms with Gasteiger partial charge in [-0.3, -0.25) is 9.69 Å². The van der Waals surface area contributed by atoms with Crippen LogP contribution in [-0.4, -0.2) is 29.1 Å². The van der Waals surface area contributed by atoms with Crippen molar-refractivity contribution < 1.29 is 9.53 Å². The number of benzene rings is 2.